The highest BCUT2D eigenvalue weighted by atomic mass is 32.2. The van der Waals surface area contributed by atoms with Crippen LogP contribution in [-0.2, 0) is 14.4 Å². The van der Waals surface area contributed by atoms with Gasteiger partial charge in [-0.25, -0.2) is 0 Å². The molecule has 10 nitrogen and oxygen atoms in total. The van der Waals surface area contributed by atoms with E-state index in [1.165, 1.54) is 26.4 Å². The average Bonchev–Trinajstić information content (AvgIpc) is 3.18. The number of nitrogens with one attached hydrogen (secondary N) is 1. The summed E-state index contributed by atoms with van der Waals surface area (Å²) in [5, 5.41) is 18.9. The van der Waals surface area contributed by atoms with E-state index >= 15 is 0 Å². The number of phenols is 1. The van der Waals surface area contributed by atoms with Gasteiger partial charge < -0.3 is 24.7 Å². The number of nitrogens with zero attached hydrogens (tertiary/aromatic N) is 1. The fourth-order valence-corrected chi connectivity index (χ4v) is 6.35. The van der Waals surface area contributed by atoms with Crippen LogP contribution in [0.5, 0.6) is 17.2 Å². The smallest absolute Gasteiger partial charge is 0.323 e. The zero-order valence-electron chi connectivity index (χ0n) is 15.7. The first kappa shape index (κ1) is 20.3. The molecule has 3 atom stereocenters. The molecule has 4 rings (SSSR count). The van der Waals surface area contributed by atoms with Crippen molar-refractivity contribution >= 4 is 40.9 Å². The van der Waals surface area contributed by atoms with E-state index in [1.54, 1.807) is 0 Å². The minimum atomic E-state index is -1.30. The lowest BCUT2D eigenvalue weighted by Crippen LogP contribution is -2.36. The van der Waals surface area contributed by atoms with E-state index in [-0.39, 0.29) is 22.1 Å². The van der Waals surface area contributed by atoms with Crippen molar-refractivity contribution in [2.75, 3.05) is 20.8 Å². The number of aromatic amines is 1. The molecule has 1 fully saturated rings. The van der Waals surface area contributed by atoms with Crippen LogP contribution in [0.4, 0.5) is 0 Å². The molecule has 3 heterocycles. The van der Waals surface area contributed by atoms with Gasteiger partial charge in [0.25, 0.3) is 0 Å². The molecule has 0 aliphatic carbocycles. The van der Waals surface area contributed by atoms with Crippen LogP contribution in [0.2, 0.25) is 0 Å². The molecule has 0 radical (unpaired) electrons. The summed E-state index contributed by atoms with van der Waals surface area (Å²) < 4.78 is 10.4. The van der Waals surface area contributed by atoms with Crippen molar-refractivity contribution < 1.29 is 34.1 Å². The Balaban J connectivity index is 1.90. The number of aliphatic carboxylic acids is 1. The maximum Gasteiger partial charge on any atom is 0.323 e. The lowest BCUT2D eigenvalue weighted by Gasteiger charge is -2.30. The van der Waals surface area contributed by atoms with Crippen molar-refractivity contribution in [1.29, 1.82) is 0 Å². The molecule has 2 aliphatic rings. The Kier molecular flexibility index (Phi) is 4.98. The second-order valence-electron chi connectivity index (χ2n) is 6.68. The summed E-state index contributed by atoms with van der Waals surface area (Å²) in [4.78, 5) is 52.7. The number of amides is 2. The summed E-state index contributed by atoms with van der Waals surface area (Å²) in [6, 6.07) is 3.03. The second kappa shape index (κ2) is 7.36. The van der Waals surface area contributed by atoms with Crippen LogP contribution in [0, 0.1) is 5.92 Å². The van der Waals surface area contributed by atoms with Gasteiger partial charge in [-0.3, -0.25) is 24.1 Å². The van der Waals surface area contributed by atoms with Crippen LogP contribution in [0.15, 0.2) is 22.0 Å². The summed E-state index contributed by atoms with van der Waals surface area (Å²) in [5.74, 6) is -4.21. The van der Waals surface area contributed by atoms with Gasteiger partial charge in [0, 0.05) is 10.8 Å². The van der Waals surface area contributed by atoms with E-state index in [2.05, 4.69) is 4.98 Å². The van der Waals surface area contributed by atoms with Gasteiger partial charge >= 0.3 is 10.8 Å². The molecule has 158 valence electrons. The van der Waals surface area contributed by atoms with Gasteiger partial charge in [0.15, 0.2) is 11.5 Å². The maximum atomic E-state index is 13.1. The standard InChI is InChI=1S/C18H16N2O8S2/c1-27-7-3-6(4-8(28-2)12(7)23)10-11-14(29-15-13(10)30-18(26)19-15)17(25)20(16(11)24)5-9(21)22/h3-4,10-11,14,23H,5H2,1-2H3,(H,19,26)(H,21,22)/t10-,11?,14?/m0/s1. The quantitative estimate of drug-likeness (QED) is 0.562. The van der Waals surface area contributed by atoms with Crippen LogP contribution in [0.1, 0.15) is 16.4 Å². The Bertz CT molecular complexity index is 1100. The van der Waals surface area contributed by atoms with Crippen LogP contribution in [0.3, 0.4) is 0 Å². The number of benzene rings is 1. The number of rotatable bonds is 5. The maximum absolute atomic E-state index is 13.1. The number of carboxylic acids is 1. The lowest BCUT2D eigenvalue weighted by atomic mass is 9.83. The van der Waals surface area contributed by atoms with Crippen LogP contribution < -0.4 is 14.3 Å². The number of H-pyrrole nitrogens is 1. The number of methoxy groups -OCH3 is 2. The monoisotopic (exact) mass is 452 g/mol. The van der Waals surface area contributed by atoms with Gasteiger partial charge in [0.1, 0.15) is 11.8 Å². The van der Waals surface area contributed by atoms with Crippen molar-refractivity contribution in [2.45, 2.75) is 16.2 Å². The zero-order valence-corrected chi connectivity index (χ0v) is 17.3. The summed E-state index contributed by atoms with van der Waals surface area (Å²) in [6.07, 6.45) is 0. The van der Waals surface area contributed by atoms with Crippen molar-refractivity contribution in [3.63, 3.8) is 0 Å². The molecule has 1 saturated heterocycles. The predicted molar refractivity (Wildman–Crippen MR) is 105 cm³/mol. The molecule has 1 aromatic heterocycles. The van der Waals surface area contributed by atoms with Gasteiger partial charge in [-0.2, -0.15) is 0 Å². The van der Waals surface area contributed by atoms with Gasteiger partial charge in [0.05, 0.1) is 25.2 Å². The number of hydrogen-bond donors (Lipinski definition) is 3. The van der Waals surface area contributed by atoms with Gasteiger partial charge in [-0.05, 0) is 17.7 Å². The van der Waals surface area contributed by atoms with Crippen molar-refractivity contribution in [2.24, 2.45) is 5.92 Å². The Hall–Kier alpha value is -2.99. The SMILES string of the molecule is COc1cc([C@@H]2c3sc(=O)[nH]c3SC3C(=O)N(CC(=O)O)C(=O)C32)cc(OC)c1O. The second-order valence-corrected chi connectivity index (χ2v) is 8.85. The lowest BCUT2D eigenvalue weighted by molar-refractivity contribution is -0.149. The van der Waals surface area contributed by atoms with Crippen molar-refractivity contribution in [1.82, 2.24) is 9.88 Å². The topological polar surface area (TPSA) is 146 Å². The van der Waals surface area contributed by atoms with E-state index in [4.69, 9.17) is 14.6 Å². The molecule has 0 saturated carbocycles. The number of imide groups is 1. The minimum absolute atomic E-state index is 0.0997. The number of aromatic nitrogens is 1. The Morgan fingerprint density at radius 1 is 1.17 bits per heavy atom. The Morgan fingerprint density at radius 2 is 1.80 bits per heavy atom. The van der Waals surface area contributed by atoms with E-state index in [0.717, 1.165) is 28.0 Å². The summed E-state index contributed by atoms with van der Waals surface area (Å²) in [6.45, 7) is -0.732. The van der Waals surface area contributed by atoms with Gasteiger partial charge in [-0.1, -0.05) is 23.1 Å². The number of carbonyl (C=O) groups is 3. The third-order valence-corrected chi connectivity index (χ3v) is 7.47. The van der Waals surface area contributed by atoms with Crippen molar-refractivity contribution in [3.05, 3.63) is 32.2 Å². The third-order valence-electron chi connectivity index (χ3n) is 5.07. The summed E-state index contributed by atoms with van der Waals surface area (Å²) >= 11 is 1.97. The molecular weight excluding hydrogens is 436 g/mol. The Morgan fingerprint density at radius 3 is 2.37 bits per heavy atom. The van der Waals surface area contributed by atoms with Gasteiger partial charge in [0.2, 0.25) is 17.6 Å². The molecule has 2 aromatic rings. The molecular formula is C18H16N2O8S2. The fourth-order valence-electron chi connectivity index (χ4n) is 3.82. The molecule has 2 aliphatic heterocycles. The highest BCUT2D eigenvalue weighted by Gasteiger charge is 2.56. The number of carboxylic acid groups (broad SMARTS) is 1. The molecule has 12 heteroatoms. The van der Waals surface area contributed by atoms with Gasteiger partial charge in [-0.15, -0.1) is 0 Å². The normalized spacial score (nSPS) is 22.6. The largest absolute Gasteiger partial charge is 0.502 e. The molecule has 30 heavy (non-hydrogen) atoms. The number of hydrogen-bond acceptors (Lipinski definition) is 9. The van der Waals surface area contributed by atoms with Crippen LogP contribution in [0.25, 0.3) is 0 Å². The average molecular weight is 452 g/mol. The van der Waals surface area contributed by atoms with Crippen LogP contribution >= 0.6 is 23.1 Å². The number of thioether (sulfide) groups is 1. The minimum Gasteiger partial charge on any atom is -0.502 e. The van der Waals surface area contributed by atoms with E-state index in [9.17, 15) is 24.3 Å². The highest BCUT2D eigenvalue weighted by molar-refractivity contribution is 8.00. The first-order valence-electron chi connectivity index (χ1n) is 8.68. The third kappa shape index (κ3) is 3.03. The number of likely N-dealkylation sites (tertiary alicyclic amines) is 1. The highest BCUT2D eigenvalue weighted by Crippen LogP contribution is 2.54. The van der Waals surface area contributed by atoms with Crippen LogP contribution in [-0.4, -0.2) is 63.9 Å². The van der Waals surface area contributed by atoms with E-state index in [1.807, 2.05) is 0 Å². The number of fused-ring (bicyclic) bond motifs is 2. The fraction of sp³-hybridized carbons (Fsp3) is 0.333. The first-order valence-corrected chi connectivity index (χ1v) is 10.4. The zero-order chi connectivity index (χ0) is 21.7. The molecule has 0 spiro atoms. The number of ether oxygens (including phenoxy) is 2. The first-order chi connectivity index (χ1) is 14.3. The van der Waals surface area contributed by atoms with E-state index < -0.39 is 41.4 Å². The number of carbonyl (C=O) groups excluding carboxylic acids is 2. The molecule has 2 amide bonds. The molecule has 1 aromatic carbocycles. The molecule has 0 bridgehead atoms. The number of thiazole rings is 1. The molecule has 3 N–H and O–H groups in total. The Labute approximate surface area is 177 Å². The van der Waals surface area contributed by atoms with Crippen molar-refractivity contribution in [3.8, 4) is 17.2 Å². The number of phenolic OH excluding ortho intramolecular Hbond substituents is 1. The van der Waals surface area contributed by atoms with E-state index in [0.29, 0.717) is 15.5 Å². The summed E-state index contributed by atoms with van der Waals surface area (Å²) in [7, 11) is 2.72. The summed E-state index contributed by atoms with van der Waals surface area (Å²) in [5.41, 5.74) is 0.492. The predicted octanol–water partition coefficient (Wildman–Crippen LogP) is 0.835. The molecule has 2 unspecified atom stereocenters. The number of aromatic hydroxyl groups is 1.